The molecule has 0 spiro atoms. The van der Waals surface area contributed by atoms with Gasteiger partial charge in [-0.15, -0.1) is 0 Å². The van der Waals surface area contributed by atoms with Gasteiger partial charge in [0, 0.05) is 18.3 Å². The first-order valence-electron chi connectivity index (χ1n) is 6.97. The van der Waals surface area contributed by atoms with Crippen LogP contribution >= 0.6 is 0 Å². The van der Waals surface area contributed by atoms with Gasteiger partial charge in [-0.3, -0.25) is 0 Å². The lowest BCUT2D eigenvalue weighted by Crippen LogP contribution is -2.40. The van der Waals surface area contributed by atoms with Gasteiger partial charge in [-0.1, -0.05) is 18.6 Å². The van der Waals surface area contributed by atoms with E-state index in [-0.39, 0.29) is 5.75 Å². The predicted molar refractivity (Wildman–Crippen MR) is 82.0 cm³/mol. The Balaban J connectivity index is 1.87. The van der Waals surface area contributed by atoms with Crippen molar-refractivity contribution < 1.29 is 8.42 Å². The smallest absolute Gasteiger partial charge is 0.213 e. The fourth-order valence-electron chi connectivity index (χ4n) is 2.59. The molecule has 1 fully saturated rings. The minimum Gasteiger partial charge on any atom is -0.383 e. The molecule has 1 saturated heterocycles. The van der Waals surface area contributed by atoms with Crippen LogP contribution in [0.25, 0.3) is 0 Å². The highest BCUT2D eigenvalue weighted by Gasteiger charge is 2.18. The van der Waals surface area contributed by atoms with Crippen LogP contribution in [0.3, 0.4) is 0 Å². The van der Waals surface area contributed by atoms with Crippen LogP contribution in [-0.2, 0) is 15.8 Å². The maximum Gasteiger partial charge on any atom is 0.213 e. The van der Waals surface area contributed by atoms with Crippen LogP contribution in [0.5, 0.6) is 0 Å². The topological polar surface area (TPSA) is 75.4 Å². The van der Waals surface area contributed by atoms with Crippen molar-refractivity contribution in [3.05, 3.63) is 29.8 Å². The molecule has 1 aliphatic rings. The van der Waals surface area contributed by atoms with Crippen molar-refractivity contribution in [2.45, 2.75) is 31.1 Å². The molecule has 20 heavy (non-hydrogen) atoms. The van der Waals surface area contributed by atoms with Gasteiger partial charge in [-0.05, 0) is 44.1 Å². The molecule has 112 valence electrons. The monoisotopic (exact) mass is 297 g/mol. The quantitative estimate of drug-likeness (QED) is 0.861. The Morgan fingerprint density at radius 1 is 1.30 bits per heavy atom. The molecule has 2 rings (SSSR count). The van der Waals surface area contributed by atoms with Crippen LogP contribution in [0, 0.1) is 0 Å². The van der Waals surface area contributed by atoms with Crippen molar-refractivity contribution in [3.63, 3.8) is 0 Å². The summed E-state index contributed by atoms with van der Waals surface area (Å²) in [4.78, 5) is 2.39. The minimum absolute atomic E-state index is 0.112. The largest absolute Gasteiger partial charge is 0.383 e. The van der Waals surface area contributed by atoms with E-state index in [4.69, 9.17) is 5.14 Å². The number of hydrogen-bond acceptors (Lipinski definition) is 4. The van der Waals surface area contributed by atoms with Gasteiger partial charge >= 0.3 is 0 Å². The van der Waals surface area contributed by atoms with Crippen LogP contribution in [0.15, 0.2) is 24.3 Å². The number of benzene rings is 1. The summed E-state index contributed by atoms with van der Waals surface area (Å²) in [5, 5.41) is 8.44. The molecule has 1 aromatic rings. The Hall–Kier alpha value is -1.11. The van der Waals surface area contributed by atoms with Crippen molar-refractivity contribution in [1.29, 1.82) is 0 Å². The van der Waals surface area contributed by atoms with E-state index >= 15 is 0 Å². The molecule has 1 heterocycles. The zero-order valence-electron chi connectivity index (χ0n) is 11.9. The Kier molecular flexibility index (Phi) is 5.01. The summed E-state index contributed by atoms with van der Waals surface area (Å²) in [5.41, 5.74) is 1.73. The van der Waals surface area contributed by atoms with Gasteiger partial charge in [0.2, 0.25) is 10.0 Å². The summed E-state index contributed by atoms with van der Waals surface area (Å²) in [5.74, 6) is -0.112. The molecular formula is C14H23N3O2S. The molecule has 0 aromatic heterocycles. The van der Waals surface area contributed by atoms with Gasteiger partial charge in [0.1, 0.15) is 0 Å². The van der Waals surface area contributed by atoms with E-state index in [0.717, 1.165) is 12.2 Å². The highest BCUT2D eigenvalue weighted by Crippen LogP contribution is 2.17. The molecule has 1 unspecified atom stereocenters. The number of primary sulfonamides is 1. The van der Waals surface area contributed by atoms with Gasteiger partial charge in [-0.25, -0.2) is 13.6 Å². The van der Waals surface area contributed by atoms with Gasteiger partial charge in [0.15, 0.2) is 0 Å². The number of nitrogens with zero attached hydrogens (tertiary/aromatic N) is 1. The lowest BCUT2D eigenvalue weighted by molar-refractivity contribution is 0.194. The number of anilines is 1. The third-order valence-electron chi connectivity index (χ3n) is 3.79. The molecule has 0 amide bonds. The van der Waals surface area contributed by atoms with Gasteiger partial charge in [-0.2, -0.15) is 0 Å². The van der Waals surface area contributed by atoms with Crippen molar-refractivity contribution in [2.24, 2.45) is 5.14 Å². The molecule has 1 atom stereocenters. The molecule has 1 aliphatic heterocycles. The maximum absolute atomic E-state index is 11.0. The number of sulfonamides is 1. The molecule has 5 nitrogen and oxygen atoms in total. The van der Waals surface area contributed by atoms with E-state index in [1.54, 1.807) is 12.1 Å². The number of nitrogens with one attached hydrogen (secondary N) is 1. The fraction of sp³-hybridized carbons (Fsp3) is 0.571. The van der Waals surface area contributed by atoms with E-state index in [1.807, 2.05) is 12.1 Å². The number of likely N-dealkylation sites (tertiary alicyclic amines) is 1. The van der Waals surface area contributed by atoms with E-state index in [1.165, 1.54) is 25.8 Å². The average Bonchev–Trinajstić information content (AvgIpc) is 2.38. The normalized spacial score (nSPS) is 20.8. The van der Waals surface area contributed by atoms with Crippen molar-refractivity contribution in [3.8, 4) is 0 Å². The lowest BCUT2D eigenvalue weighted by Gasteiger charge is -2.32. The third kappa shape index (κ3) is 4.77. The van der Waals surface area contributed by atoms with Crippen LogP contribution < -0.4 is 10.5 Å². The third-order valence-corrected chi connectivity index (χ3v) is 4.52. The van der Waals surface area contributed by atoms with Crippen LogP contribution in [0.1, 0.15) is 24.8 Å². The van der Waals surface area contributed by atoms with Crippen molar-refractivity contribution in [2.75, 3.05) is 25.5 Å². The highest BCUT2D eigenvalue weighted by molar-refractivity contribution is 7.88. The number of hydrogen-bond donors (Lipinski definition) is 2. The van der Waals surface area contributed by atoms with E-state index in [9.17, 15) is 8.42 Å². The van der Waals surface area contributed by atoms with E-state index in [2.05, 4.69) is 17.3 Å². The molecular weight excluding hydrogens is 274 g/mol. The van der Waals surface area contributed by atoms with Gasteiger partial charge < -0.3 is 10.2 Å². The number of likely N-dealkylation sites (N-methyl/N-ethyl adjacent to an activating group) is 1. The summed E-state index contributed by atoms with van der Waals surface area (Å²) in [6, 6.07) is 7.99. The summed E-state index contributed by atoms with van der Waals surface area (Å²) in [6.07, 6.45) is 3.81. The molecule has 0 aliphatic carbocycles. The molecule has 6 heteroatoms. The number of nitrogens with two attached hydrogens (primary N) is 1. The zero-order valence-corrected chi connectivity index (χ0v) is 12.7. The number of piperidine rings is 1. The SMILES string of the molecule is CN1CCCCC1CNc1ccc(CS(N)(=O)=O)cc1. The van der Waals surface area contributed by atoms with Crippen LogP contribution in [0.2, 0.25) is 0 Å². The molecule has 0 bridgehead atoms. The zero-order chi connectivity index (χ0) is 14.6. The highest BCUT2D eigenvalue weighted by atomic mass is 32.2. The second-order valence-electron chi connectivity index (χ2n) is 5.52. The molecule has 0 radical (unpaired) electrons. The van der Waals surface area contributed by atoms with E-state index in [0.29, 0.717) is 11.6 Å². The maximum atomic E-state index is 11.0. The van der Waals surface area contributed by atoms with Crippen LogP contribution in [-0.4, -0.2) is 39.5 Å². The first-order chi connectivity index (χ1) is 9.44. The van der Waals surface area contributed by atoms with Gasteiger partial charge in [0.25, 0.3) is 0 Å². The predicted octanol–water partition coefficient (Wildman–Crippen LogP) is 1.37. The Morgan fingerprint density at radius 3 is 2.60 bits per heavy atom. The van der Waals surface area contributed by atoms with Gasteiger partial charge in [0.05, 0.1) is 5.75 Å². The second kappa shape index (κ2) is 6.56. The van der Waals surface area contributed by atoms with Crippen LogP contribution in [0.4, 0.5) is 5.69 Å². The summed E-state index contributed by atoms with van der Waals surface area (Å²) >= 11 is 0. The number of rotatable bonds is 5. The first kappa shape index (κ1) is 15.3. The summed E-state index contributed by atoms with van der Waals surface area (Å²) < 4.78 is 22.0. The minimum atomic E-state index is -3.45. The Morgan fingerprint density at radius 2 is 2.00 bits per heavy atom. The summed E-state index contributed by atoms with van der Waals surface area (Å²) in [6.45, 7) is 2.09. The molecule has 3 N–H and O–H groups in total. The van der Waals surface area contributed by atoms with E-state index < -0.39 is 10.0 Å². The fourth-order valence-corrected chi connectivity index (χ4v) is 3.25. The standard InChI is InChI=1S/C14H23N3O2S/c1-17-9-3-2-4-14(17)10-16-13-7-5-12(6-8-13)11-20(15,18)19/h5-8,14,16H,2-4,9-11H2,1H3,(H2,15,18,19). The van der Waals surface area contributed by atoms with Crippen molar-refractivity contribution in [1.82, 2.24) is 4.90 Å². The first-order valence-corrected chi connectivity index (χ1v) is 8.69. The molecule has 0 saturated carbocycles. The Bertz CT molecular complexity index is 528. The average molecular weight is 297 g/mol. The molecule has 1 aromatic carbocycles. The Labute approximate surface area is 121 Å². The second-order valence-corrected chi connectivity index (χ2v) is 7.13. The lowest BCUT2D eigenvalue weighted by atomic mass is 10.0. The summed E-state index contributed by atoms with van der Waals surface area (Å²) in [7, 11) is -1.29. The van der Waals surface area contributed by atoms with Crippen molar-refractivity contribution >= 4 is 15.7 Å².